The van der Waals surface area contributed by atoms with Crippen LogP contribution in [0, 0.1) is 5.82 Å². The molecule has 0 radical (unpaired) electrons. The molecule has 0 aliphatic rings. The highest BCUT2D eigenvalue weighted by Gasteiger charge is 2.10. The average molecular weight is 205 g/mol. The van der Waals surface area contributed by atoms with Gasteiger partial charge in [0, 0.05) is 11.6 Å². The van der Waals surface area contributed by atoms with Crippen LogP contribution >= 0.6 is 0 Å². The van der Waals surface area contributed by atoms with Crippen molar-refractivity contribution in [2.24, 2.45) is 5.73 Å². The lowest BCUT2D eigenvalue weighted by Crippen LogP contribution is -2.06. The van der Waals surface area contributed by atoms with E-state index in [1.54, 1.807) is 18.3 Å². The highest BCUT2D eigenvalue weighted by molar-refractivity contribution is 5.65. The van der Waals surface area contributed by atoms with Gasteiger partial charge in [-0.15, -0.1) is 0 Å². The van der Waals surface area contributed by atoms with E-state index in [2.05, 4.69) is 10.2 Å². The lowest BCUT2D eigenvalue weighted by Gasteiger charge is -2.05. The third-order valence-corrected chi connectivity index (χ3v) is 2.28. The molecular formula is C11H12FN3. The zero-order chi connectivity index (χ0) is 10.8. The fourth-order valence-corrected chi connectivity index (χ4v) is 1.50. The Morgan fingerprint density at radius 3 is 2.60 bits per heavy atom. The number of hydrogen-bond acceptors (Lipinski definition) is 2. The average Bonchev–Trinajstić information content (AvgIpc) is 2.67. The van der Waals surface area contributed by atoms with E-state index >= 15 is 0 Å². The Bertz CT molecular complexity index is 445. The summed E-state index contributed by atoms with van der Waals surface area (Å²) in [5, 5.41) is 6.79. The molecule has 1 unspecified atom stereocenters. The number of aromatic nitrogens is 2. The lowest BCUT2D eigenvalue weighted by molar-refractivity contribution is 0.628. The Labute approximate surface area is 87.1 Å². The number of aromatic amines is 1. The van der Waals surface area contributed by atoms with Crippen LogP contribution in [0.4, 0.5) is 4.39 Å². The SMILES string of the molecule is CC(N)c1[nH]ncc1-c1ccc(F)cc1. The summed E-state index contributed by atoms with van der Waals surface area (Å²) in [4.78, 5) is 0. The zero-order valence-electron chi connectivity index (χ0n) is 8.37. The van der Waals surface area contributed by atoms with Crippen molar-refractivity contribution < 1.29 is 4.39 Å². The van der Waals surface area contributed by atoms with E-state index in [4.69, 9.17) is 5.73 Å². The number of nitrogens with two attached hydrogens (primary N) is 1. The van der Waals surface area contributed by atoms with Crippen LogP contribution in [0.25, 0.3) is 11.1 Å². The quantitative estimate of drug-likeness (QED) is 0.789. The minimum Gasteiger partial charge on any atom is -0.323 e. The van der Waals surface area contributed by atoms with Gasteiger partial charge in [0.2, 0.25) is 0 Å². The molecule has 1 heterocycles. The number of hydrogen-bond donors (Lipinski definition) is 2. The normalized spacial score (nSPS) is 12.7. The van der Waals surface area contributed by atoms with Crippen molar-refractivity contribution in [2.75, 3.05) is 0 Å². The van der Waals surface area contributed by atoms with Gasteiger partial charge >= 0.3 is 0 Å². The summed E-state index contributed by atoms with van der Waals surface area (Å²) in [5.74, 6) is -0.246. The molecule has 0 spiro atoms. The molecule has 0 saturated carbocycles. The Kier molecular flexibility index (Phi) is 2.51. The van der Waals surface area contributed by atoms with Crippen molar-refractivity contribution in [1.29, 1.82) is 0 Å². The van der Waals surface area contributed by atoms with Gasteiger partial charge in [0.1, 0.15) is 5.82 Å². The molecule has 2 rings (SSSR count). The van der Waals surface area contributed by atoms with Crippen LogP contribution in [0.2, 0.25) is 0 Å². The van der Waals surface area contributed by atoms with Crippen LogP contribution in [-0.4, -0.2) is 10.2 Å². The highest BCUT2D eigenvalue weighted by Crippen LogP contribution is 2.25. The molecule has 2 aromatic rings. The third-order valence-electron chi connectivity index (χ3n) is 2.28. The molecular weight excluding hydrogens is 193 g/mol. The summed E-state index contributed by atoms with van der Waals surface area (Å²) in [6.07, 6.45) is 1.70. The first-order valence-corrected chi connectivity index (χ1v) is 4.73. The van der Waals surface area contributed by atoms with E-state index in [-0.39, 0.29) is 11.9 Å². The van der Waals surface area contributed by atoms with Crippen LogP contribution in [0.5, 0.6) is 0 Å². The van der Waals surface area contributed by atoms with Gasteiger partial charge in [-0.25, -0.2) is 4.39 Å². The maximum Gasteiger partial charge on any atom is 0.123 e. The van der Waals surface area contributed by atoms with E-state index in [1.165, 1.54) is 12.1 Å². The monoisotopic (exact) mass is 205 g/mol. The number of nitrogens with one attached hydrogen (secondary N) is 1. The summed E-state index contributed by atoms with van der Waals surface area (Å²) in [6, 6.07) is 6.16. The first kappa shape index (κ1) is 9.86. The highest BCUT2D eigenvalue weighted by atomic mass is 19.1. The molecule has 15 heavy (non-hydrogen) atoms. The van der Waals surface area contributed by atoms with E-state index in [9.17, 15) is 4.39 Å². The van der Waals surface area contributed by atoms with Crippen LogP contribution < -0.4 is 5.73 Å². The molecule has 0 saturated heterocycles. The van der Waals surface area contributed by atoms with Gasteiger partial charge in [0.05, 0.1) is 11.9 Å². The van der Waals surface area contributed by atoms with Crippen molar-refractivity contribution in [3.8, 4) is 11.1 Å². The first-order chi connectivity index (χ1) is 7.18. The number of rotatable bonds is 2. The molecule has 4 heteroatoms. The van der Waals surface area contributed by atoms with Crippen molar-refractivity contribution in [1.82, 2.24) is 10.2 Å². The maximum atomic E-state index is 12.7. The molecule has 0 fully saturated rings. The largest absolute Gasteiger partial charge is 0.323 e. The predicted molar refractivity (Wildman–Crippen MR) is 56.6 cm³/mol. The van der Waals surface area contributed by atoms with E-state index < -0.39 is 0 Å². The van der Waals surface area contributed by atoms with Gasteiger partial charge in [-0.05, 0) is 24.6 Å². The Hall–Kier alpha value is -1.68. The summed E-state index contributed by atoms with van der Waals surface area (Å²) in [6.45, 7) is 1.88. The molecule has 1 atom stereocenters. The Morgan fingerprint density at radius 1 is 1.33 bits per heavy atom. The third kappa shape index (κ3) is 1.89. The van der Waals surface area contributed by atoms with Crippen molar-refractivity contribution in [3.63, 3.8) is 0 Å². The predicted octanol–water partition coefficient (Wildman–Crippen LogP) is 2.24. The Morgan fingerprint density at radius 2 is 2.00 bits per heavy atom. The fourth-order valence-electron chi connectivity index (χ4n) is 1.50. The maximum absolute atomic E-state index is 12.7. The molecule has 1 aromatic carbocycles. The number of H-pyrrole nitrogens is 1. The van der Waals surface area contributed by atoms with Gasteiger partial charge < -0.3 is 5.73 Å². The number of benzene rings is 1. The van der Waals surface area contributed by atoms with Crippen molar-refractivity contribution in [2.45, 2.75) is 13.0 Å². The van der Waals surface area contributed by atoms with Crippen molar-refractivity contribution >= 4 is 0 Å². The standard InChI is InChI=1S/C11H12FN3/c1-7(13)11-10(6-14-15-11)8-2-4-9(12)5-3-8/h2-7H,13H2,1H3,(H,14,15). The number of nitrogens with zero attached hydrogens (tertiary/aromatic N) is 1. The smallest absolute Gasteiger partial charge is 0.123 e. The topological polar surface area (TPSA) is 54.7 Å². The summed E-state index contributed by atoms with van der Waals surface area (Å²) in [5.41, 5.74) is 8.48. The second-order valence-electron chi connectivity index (χ2n) is 3.49. The molecule has 78 valence electrons. The molecule has 0 bridgehead atoms. The first-order valence-electron chi connectivity index (χ1n) is 4.73. The summed E-state index contributed by atoms with van der Waals surface area (Å²) in [7, 11) is 0. The van der Waals surface area contributed by atoms with Gasteiger partial charge in [-0.3, -0.25) is 5.10 Å². The minimum atomic E-state index is -0.246. The number of halogens is 1. The second kappa shape index (κ2) is 3.82. The summed E-state index contributed by atoms with van der Waals surface area (Å²) >= 11 is 0. The Balaban J connectivity index is 2.45. The molecule has 0 aliphatic carbocycles. The molecule has 3 nitrogen and oxygen atoms in total. The van der Waals surface area contributed by atoms with Crippen LogP contribution in [0.15, 0.2) is 30.5 Å². The van der Waals surface area contributed by atoms with Gasteiger partial charge in [0.15, 0.2) is 0 Å². The van der Waals surface area contributed by atoms with E-state index in [1.807, 2.05) is 6.92 Å². The van der Waals surface area contributed by atoms with E-state index in [0.717, 1.165) is 16.8 Å². The van der Waals surface area contributed by atoms with Crippen LogP contribution in [-0.2, 0) is 0 Å². The molecule has 1 aromatic heterocycles. The fraction of sp³-hybridized carbons (Fsp3) is 0.182. The minimum absolute atomic E-state index is 0.118. The second-order valence-corrected chi connectivity index (χ2v) is 3.49. The molecule has 0 amide bonds. The molecule has 0 aliphatic heterocycles. The van der Waals surface area contributed by atoms with Crippen LogP contribution in [0.3, 0.4) is 0 Å². The van der Waals surface area contributed by atoms with Gasteiger partial charge in [0.25, 0.3) is 0 Å². The van der Waals surface area contributed by atoms with Gasteiger partial charge in [-0.2, -0.15) is 5.10 Å². The van der Waals surface area contributed by atoms with E-state index in [0.29, 0.717) is 0 Å². The van der Waals surface area contributed by atoms with Crippen LogP contribution in [0.1, 0.15) is 18.7 Å². The summed E-state index contributed by atoms with van der Waals surface area (Å²) < 4.78 is 12.7. The lowest BCUT2D eigenvalue weighted by atomic mass is 10.0. The molecule has 3 N–H and O–H groups in total. The van der Waals surface area contributed by atoms with Crippen molar-refractivity contribution in [3.05, 3.63) is 42.0 Å². The zero-order valence-corrected chi connectivity index (χ0v) is 8.37. The van der Waals surface area contributed by atoms with Gasteiger partial charge in [-0.1, -0.05) is 12.1 Å².